The van der Waals surface area contributed by atoms with Crippen LogP contribution < -0.4 is 4.74 Å². The van der Waals surface area contributed by atoms with E-state index in [4.69, 9.17) is 4.74 Å². The molecule has 0 atom stereocenters. The molecule has 0 N–H and O–H groups in total. The van der Waals surface area contributed by atoms with Crippen molar-refractivity contribution in [2.75, 3.05) is 14.2 Å². The highest BCUT2D eigenvalue weighted by atomic mass is 32.1. The van der Waals surface area contributed by atoms with Crippen molar-refractivity contribution in [2.45, 2.75) is 4.90 Å². The van der Waals surface area contributed by atoms with E-state index in [1.165, 1.54) is 14.2 Å². The minimum absolute atomic E-state index is 0.394. The van der Waals surface area contributed by atoms with E-state index in [1.54, 1.807) is 18.2 Å². The summed E-state index contributed by atoms with van der Waals surface area (Å²) in [6.07, 6.45) is 0. The number of carbonyl (C=O) groups is 1. The van der Waals surface area contributed by atoms with Gasteiger partial charge in [0.1, 0.15) is 5.75 Å². The Balaban J connectivity index is 3.08. The summed E-state index contributed by atoms with van der Waals surface area (Å²) in [5, 5.41) is 0. The molecule has 1 aromatic carbocycles. The number of thiol groups is 1. The lowest BCUT2D eigenvalue weighted by Crippen LogP contribution is -2.01. The number of carbonyl (C=O) groups excluding carboxylic acids is 1. The van der Waals surface area contributed by atoms with Crippen LogP contribution in [0.2, 0.25) is 0 Å². The SMILES string of the molecule is COC(=O)c1cc(S)cc(OC)c1. The smallest absolute Gasteiger partial charge is 0.338 e. The maximum atomic E-state index is 11.1. The highest BCUT2D eigenvalue weighted by molar-refractivity contribution is 7.80. The maximum Gasteiger partial charge on any atom is 0.338 e. The van der Waals surface area contributed by atoms with Gasteiger partial charge in [-0.15, -0.1) is 12.6 Å². The van der Waals surface area contributed by atoms with E-state index in [0.717, 1.165) is 0 Å². The van der Waals surface area contributed by atoms with Crippen molar-refractivity contribution in [3.05, 3.63) is 23.8 Å². The van der Waals surface area contributed by atoms with Gasteiger partial charge in [-0.3, -0.25) is 0 Å². The van der Waals surface area contributed by atoms with Crippen LogP contribution in [-0.4, -0.2) is 20.2 Å². The first kappa shape index (κ1) is 9.92. The molecule has 0 bridgehead atoms. The lowest BCUT2D eigenvalue weighted by Gasteiger charge is -2.04. The van der Waals surface area contributed by atoms with Gasteiger partial charge < -0.3 is 9.47 Å². The van der Waals surface area contributed by atoms with Gasteiger partial charge in [0.25, 0.3) is 0 Å². The minimum atomic E-state index is -0.394. The molecular weight excluding hydrogens is 188 g/mol. The van der Waals surface area contributed by atoms with Gasteiger partial charge in [-0.25, -0.2) is 4.79 Å². The van der Waals surface area contributed by atoms with Crippen LogP contribution in [0, 0.1) is 0 Å². The Morgan fingerprint density at radius 1 is 1.31 bits per heavy atom. The quantitative estimate of drug-likeness (QED) is 0.581. The fraction of sp³-hybridized carbons (Fsp3) is 0.222. The molecule has 1 aromatic rings. The second kappa shape index (κ2) is 4.18. The van der Waals surface area contributed by atoms with Crippen LogP contribution >= 0.6 is 12.6 Å². The molecule has 1 rings (SSSR count). The van der Waals surface area contributed by atoms with E-state index in [-0.39, 0.29) is 0 Å². The Morgan fingerprint density at radius 3 is 2.54 bits per heavy atom. The van der Waals surface area contributed by atoms with Crippen molar-refractivity contribution in [3.63, 3.8) is 0 Å². The molecule has 70 valence electrons. The lowest BCUT2D eigenvalue weighted by atomic mass is 10.2. The monoisotopic (exact) mass is 198 g/mol. The minimum Gasteiger partial charge on any atom is -0.497 e. The molecule has 0 radical (unpaired) electrons. The fourth-order valence-corrected chi connectivity index (χ4v) is 1.20. The third-order valence-electron chi connectivity index (χ3n) is 1.55. The molecular formula is C9H10O3S. The molecule has 0 spiro atoms. The Bertz CT molecular complexity index is 323. The van der Waals surface area contributed by atoms with E-state index >= 15 is 0 Å². The first-order chi connectivity index (χ1) is 6.17. The zero-order valence-electron chi connectivity index (χ0n) is 7.40. The molecule has 4 heteroatoms. The van der Waals surface area contributed by atoms with Crippen LogP contribution in [0.15, 0.2) is 23.1 Å². The van der Waals surface area contributed by atoms with Gasteiger partial charge in [0, 0.05) is 4.90 Å². The normalized spacial score (nSPS) is 9.46. The highest BCUT2D eigenvalue weighted by Crippen LogP contribution is 2.19. The molecule has 0 amide bonds. The number of rotatable bonds is 2. The molecule has 0 saturated heterocycles. The van der Waals surface area contributed by atoms with Crippen LogP contribution in [0.4, 0.5) is 0 Å². The third kappa shape index (κ3) is 2.39. The molecule has 13 heavy (non-hydrogen) atoms. The number of benzene rings is 1. The number of methoxy groups -OCH3 is 2. The molecule has 0 aliphatic carbocycles. The van der Waals surface area contributed by atoms with E-state index in [2.05, 4.69) is 17.4 Å². The van der Waals surface area contributed by atoms with Crippen LogP contribution in [-0.2, 0) is 4.74 Å². The predicted octanol–water partition coefficient (Wildman–Crippen LogP) is 1.77. The van der Waals surface area contributed by atoms with Gasteiger partial charge in [-0.2, -0.15) is 0 Å². The van der Waals surface area contributed by atoms with Gasteiger partial charge in [-0.05, 0) is 18.2 Å². The van der Waals surface area contributed by atoms with Crippen molar-refractivity contribution in [3.8, 4) is 5.75 Å². The van der Waals surface area contributed by atoms with Crippen molar-refractivity contribution in [1.29, 1.82) is 0 Å². The van der Waals surface area contributed by atoms with Gasteiger partial charge in [-0.1, -0.05) is 0 Å². The summed E-state index contributed by atoms with van der Waals surface area (Å²) in [6, 6.07) is 4.94. The number of hydrogen-bond donors (Lipinski definition) is 1. The first-order valence-electron chi connectivity index (χ1n) is 3.63. The summed E-state index contributed by atoms with van der Waals surface area (Å²) in [4.78, 5) is 11.8. The van der Waals surface area contributed by atoms with Crippen LogP contribution in [0.25, 0.3) is 0 Å². The molecule has 0 heterocycles. The first-order valence-corrected chi connectivity index (χ1v) is 4.08. The van der Waals surface area contributed by atoms with E-state index < -0.39 is 5.97 Å². The highest BCUT2D eigenvalue weighted by Gasteiger charge is 2.07. The summed E-state index contributed by atoms with van der Waals surface area (Å²) in [5.74, 6) is 0.196. The van der Waals surface area contributed by atoms with Crippen molar-refractivity contribution < 1.29 is 14.3 Å². The van der Waals surface area contributed by atoms with Crippen LogP contribution in [0.3, 0.4) is 0 Å². The molecule has 0 aromatic heterocycles. The summed E-state index contributed by atoms with van der Waals surface area (Å²) < 4.78 is 9.54. The summed E-state index contributed by atoms with van der Waals surface area (Å²) >= 11 is 4.12. The molecule has 0 fully saturated rings. The second-order valence-corrected chi connectivity index (χ2v) is 2.93. The second-order valence-electron chi connectivity index (χ2n) is 2.41. The van der Waals surface area contributed by atoms with Crippen LogP contribution in [0.1, 0.15) is 10.4 Å². The largest absolute Gasteiger partial charge is 0.497 e. The molecule has 0 saturated carbocycles. The number of esters is 1. The van der Waals surface area contributed by atoms with E-state index in [9.17, 15) is 4.79 Å². The van der Waals surface area contributed by atoms with Crippen molar-refractivity contribution >= 4 is 18.6 Å². The Morgan fingerprint density at radius 2 is 2.00 bits per heavy atom. The van der Waals surface area contributed by atoms with Gasteiger partial charge in [0.15, 0.2) is 0 Å². The Kier molecular flexibility index (Phi) is 3.19. The fourth-order valence-electron chi connectivity index (χ4n) is 0.937. The Hall–Kier alpha value is -1.16. The third-order valence-corrected chi connectivity index (χ3v) is 1.81. The van der Waals surface area contributed by atoms with E-state index in [0.29, 0.717) is 16.2 Å². The van der Waals surface area contributed by atoms with Gasteiger partial charge >= 0.3 is 5.97 Å². The molecule has 3 nitrogen and oxygen atoms in total. The molecule has 0 aliphatic heterocycles. The molecule has 0 unspecified atom stereocenters. The average Bonchev–Trinajstić information content (AvgIpc) is 2.15. The standard InChI is InChI=1S/C9H10O3S/c1-11-7-3-6(9(10)12-2)4-8(13)5-7/h3-5,13H,1-2H3. The summed E-state index contributed by atoms with van der Waals surface area (Å²) in [5.41, 5.74) is 0.437. The van der Waals surface area contributed by atoms with Crippen molar-refractivity contribution in [2.24, 2.45) is 0 Å². The van der Waals surface area contributed by atoms with Gasteiger partial charge in [0.05, 0.1) is 19.8 Å². The lowest BCUT2D eigenvalue weighted by molar-refractivity contribution is 0.0600. The Labute approximate surface area is 82.1 Å². The average molecular weight is 198 g/mol. The number of hydrogen-bond acceptors (Lipinski definition) is 4. The van der Waals surface area contributed by atoms with Crippen molar-refractivity contribution in [1.82, 2.24) is 0 Å². The van der Waals surface area contributed by atoms with Gasteiger partial charge in [0.2, 0.25) is 0 Å². The zero-order chi connectivity index (χ0) is 9.84. The maximum absolute atomic E-state index is 11.1. The number of ether oxygens (including phenoxy) is 2. The van der Waals surface area contributed by atoms with Crippen LogP contribution in [0.5, 0.6) is 5.75 Å². The zero-order valence-corrected chi connectivity index (χ0v) is 8.30. The van der Waals surface area contributed by atoms with E-state index in [1.807, 2.05) is 0 Å². The topological polar surface area (TPSA) is 35.5 Å². The summed E-state index contributed by atoms with van der Waals surface area (Å²) in [7, 11) is 2.86. The summed E-state index contributed by atoms with van der Waals surface area (Å²) in [6.45, 7) is 0. The molecule has 0 aliphatic rings. The predicted molar refractivity (Wildman–Crippen MR) is 51.6 cm³/mol.